The number of ether oxygens (including phenoxy) is 4. The second kappa shape index (κ2) is 9.71. The highest BCUT2D eigenvalue weighted by molar-refractivity contribution is 5.42. The zero-order valence-corrected chi connectivity index (χ0v) is 18.9. The lowest BCUT2D eigenvalue weighted by Crippen LogP contribution is -2.45. The standard InChI is InChI=1S/C25H35NO4/c1-24(2)18-25(13-15-30-24,20-7-9-21(27-3)10-8-20)12-14-26-17-19-6-11-22(28-4)23(16-19)29-5/h6-11,16,26H,12-15,17-18H2,1-5H3/t25-/m0/s1. The van der Waals surface area contributed by atoms with Crippen molar-refractivity contribution in [1.29, 1.82) is 0 Å². The Balaban J connectivity index is 1.68. The number of hydrogen-bond acceptors (Lipinski definition) is 5. The van der Waals surface area contributed by atoms with E-state index >= 15 is 0 Å². The molecule has 0 aliphatic carbocycles. The Bertz CT molecular complexity index is 818. The molecule has 0 bridgehead atoms. The summed E-state index contributed by atoms with van der Waals surface area (Å²) in [6.45, 7) is 6.90. The van der Waals surface area contributed by atoms with Gasteiger partial charge in [0.15, 0.2) is 11.5 Å². The number of rotatable bonds is 9. The van der Waals surface area contributed by atoms with Gasteiger partial charge in [0.1, 0.15) is 5.75 Å². The normalized spacial score (nSPS) is 20.6. The molecule has 1 saturated heterocycles. The summed E-state index contributed by atoms with van der Waals surface area (Å²) in [6, 6.07) is 14.6. The summed E-state index contributed by atoms with van der Waals surface area (Å²) >= 11 is 0. The van der Waals surface area contributed by atoms with Crippen molar-refractivity contribution in [3.8, 4) is 17.2 Å². The third-order valence-corrected chi connectivity index (χ3v) is 6.10. The van der Waals surface area contributed by atoms with Crippen molar-refractivity contribution in [1.82, 2.24) is 5.32 Å². The smallest absolute Gasteiger partial charge is 0.161 e. The molecule has 164 valence electrons. The van der Waals surface area contributed by atoms with E-state index in [2.05, 4.69) is 49.5 Å². The van der Waals surface area contributed by atoms with Gasteiger partial charge in [-0.3, -0.25) is 0 Å². The van der Waals surface area contributed by atoms with Crippen molar-refractivity contribution >= 4 is 0 Å². The van der Waals surface area contributed by atoms with Gasteiger partial charge in [-0.05, 0) is 75.0 Å². The largest absolute Gasteiger partial charge is 0.497 e. The van der Waals surface area contributed by atoms with Crippen LogP contribution in [0.2, 0.25) is 0 Å². The van der Waals surface area contributed by atoms with Crippen LogP contribution in [0.1, 0.15) is 44.2 Å². The Morgan fingerprint density at radius 3 is 2.30 bits per heavy atom. The van der Waals surface area contributed by atoms with Gasteiger partial charge in [-0.2, -0.15) is 0 Å². The van der Waals surface area contributed by atoms with Crippen LogP contribution in [0.4, 0.5) is 0 Å². The van der Waals surface area contributed by atoms with E-state index in [-0.39, 0.29) is 11.0 Å². The highest BCUT2D eigenvalue weighted by atomic mass is 16.5. The van der Waals surface area contributed by atoms with Crippen LogP contribution in [0.5, 0.6) is 17.2 Å². The molecule has 0 unspecified atom stereocenters. The van der Waals surface area contributed by atoms with E-state index in [0.717, 1.165) is 56.2 Å². The molecule has 2 aromatic carbocycles. The van der Waals surface area contributed by atoms with Crippen molar-refractivity contribution in [3.05, 3.63) is 53.6 Å². The lowest BCUT2D eigenvalue weighted by Gasteiger charge is -2.45. The fourth-order valence-corrected chi connectivity index (χ4v) is 4.58. The Kier molecular flexibility index (Phi) is 7.27. The summed E-state index contributed by atoms with van der Waals surface area (Å²) in [5.74, 6) is 2.41. The first-order valence-corrected chi connectivity index (χ1v) is 10.6. The summed E-state index contributed by atoms with van der Waals surface area (Å²) in [5, 5.41) is 3.62. The lowest BCUT2D eigenvalue weighted by atomic mass is 9.67. The molecule has 1 heterocycles. The molecule has 5 nitrogen and oxygen atoms in total. The second-order valence-electron chi connectivity index (χ2n) is 8.66. The number of nitrogens with one attached hydrogen (secondary N) is 1. The van der Waals surface area contributed by atoms with Gasteiger partial charge in [-0.25, -0.2) is 0 Å². The first kappa shape index (κ1) is 22.4. The second-order valence-corrected chi connectivity index (χ2v) is 8.66. The van der Waals surface area contributed by atoms with Crippen LogP contribution < -0.4 is 19.5 Å². The summed E-state index contributed by atoms with van der Waals surface area (Å²) in [4.78, 5) is 0. The molecule has 30 heavy (non-hydrogen) atoms. The fourth-order valence-electron chi connectivity index (χ4n) is 4.58. The van der Waals surface area contributed by atoms with E-state index in [1.54, 1.807) is 21.3 Å². The molecule has 0 saturated carbocycles. The first-order chi connectivity index (χ1) is 14.4. The molecule has 2 aromatic rings. The Morgan fingerprint density at radius 2 is 1.67 bits per heavy atom. The third kappa shape index (κ3) is 5.27. The van der Waals surface area contributed by atoms with Crippen LogP contribution in [0.15, 0.2) is 42.5 Å². The van der Waals surface area contributed by atoms with Gasteiger partial charge < -0.3 is 24.3 Å². The average molecular weight is 414 g/mol. The van der Waals surface area contributed by atoms with Crippen molar-refractivity contribution in [2.45, 2.75) is 50.7 Å². The predicted molar refractivity (Wildman–Crippen MR) is 120 cm³/mol. The van der Waals surface area contributed by atoms with E-state index in [0.29, 0.717) is 0 Å². The minimum atomic E-state index is -0.123. The molecule has 0 spiro atoms. The quantitative estimate of drug-likeness (QED) is 0.603. The number of benzene rings is 2. The lowest BCUT2D eigenvalue weighted by molar-refractivity contribution is -0.0840. The Labute approximate surface area is 180 Å². The van der Waals surface area contributed by atoms with E-state index < -0.39 is 0 Å². The molecule has 5 heteroatoms. The van der Waals surface area contributed by atoms with E-state index in [4.69, 9.17) is 18.9 Å². The molecule has 1 N–H and O–H groups in total. The monoisotopic (exact) mass is 413 g/mol. The van der Waals surface area contributed by atoms with E-state index in [1.807, 2.05) is 12.1 Å². The highest BCUT2D eigenvalue weighted by Gasteiger charge is 2.41. The molecule has 1 fully saturated rings. The van der Waals surface area contributed by atoms with E-state index in [1.165, 1.54) is 11.1 Å². The third-order valence-electron chi connectivity index (χ3n) is 6.10. The van der Waals surface area contributed by atoms with Crippen molar-refractivity contribution in [2.75, 3.05) is 34.5 Å². The molecule has 1 atom stereocenters. The molecule has 0 amide bonds. The van der Waals surface area contributed by atoms with Gasteiger partial charge in [0.05, 0.1) is 26.9 Å². The van der Waals surface area contributed by atoms with Crippen LogP contribution in [-0.2, 0) is 16.7 Å². The van der Waals surface area contributed by atoms with Gasteiger partial charge in [-0.1, -0.05) is 18.2 Å². The van der Waals surface area contributed by atoms with Gasteiger partial charge >= 0.3 is 0 Å². The van der Waals surface area contributed by atoms with Gasteiger partial charge in [-0.15, -0.1) is 0 Å². The molecule has 3 rings (SSSR count). The average Bonchev–Trinajstić information content (AvgIpc) is 2.76. The van der Waals surface area contributed by atoms with Crippen LogP contribution in [0, 0.1) is 0 Å². The van der Waals surface area contributed by atoms with E-state index in [9.17, 15) is 0 Å². The predicted octanol–water partition coefficient (Wildman–Crippen LogP) is 4.72. The maximum atomic E-state index is 6.04. The summed E-state index contributed by atoms with van der Waals surface area (Å²) in [7, 11) is 5.03. The van der Waals surface area contributed by atoms with Crippen LogP contribution in [0.3, 0.4) is 0 Å². The van der Waals surface area contributed by atoms with Crippen molar-refractivity contribution in [2.24, 2.45) is 0 Å². The number of methoxy groups -OCH3 is 3. The maximum absolute atomic E-state index is 6.04. The Morgan fingerprint density at radius 1 is 0.933 bits per heavy atom. The van der Waals surface area contributed by atoms with Gasteiger partial charge in [0.25, 0.3) is 0 Å². The molecule has 1 aliphatic rings. The first-order valence-electron chi connectivity index (χ1n) is 10.6. The number of hydrogen-bond donors (Lipinski definition) is 1. The zero-order valence-electron chi connectivity index (χ0n) is 18.9. The van der Waals surface area contributed by atoms with Crippen molar-refractivity contribution < 1.29 is 18.9 Å². The molecule has 0 aromatic heterocycles. The highest BCUT2D eigenvalue weighted by Crippen LogP contribution is 2.44. The van der Waals surface area contributed by atoms with Crippen molar-refractivity contribution in [3.63, 3.8) is 0 Å². The maximum Gasteiger partial charge on any atom is 0.161 e. The van der Waals surface area contributed by atoms with Crippen LogP contribution in [-0.4, -0.2) is 40.1 Å². The summed E-state index contributed by atoms with van der Waals surface area (Å²) < 4.78 is 22.1. The zero-order chi connectivity index (χ0) is 21.6. The minimum Gasteiger partial charge on any atom is -0.497 e. The molecule has 0 radical (unpaired) electrons. The molecular weight excluding hydrogens is 378 g/mol. The minimum absolute atomic E-state index is 0.0959. The molecule has 1 aliphatic heterocycles. The summed E-state index contributed by atoms with van der Waals surface area (Å²) in [5.41, 5.74) is 2.52. The fraction of sp³-hybridized carbons (Fsp3) is 0.520. The van der Waals surface area contributed by atoms with Gasteiger partial charge in [0, 0.05) is 18.6 Å². The SMILES string of the molecule is COc1ccc([C@@]2(CCNCc3ccc(OC)c(OC)c3)CCOC(C)(C)C2)cc1. The topological polar surface area (TPSA) is 49.0 Å². The molecular formula is C25H35NO4. The Hall–Kier alpha value is -2.24. The summed E-state index contributed by atoms with van der Waals surface area (Å²) in [6.07, 6.45) is 3.09. The van der Waals surface area contributed by atoms with Gasteiger partial charge in [0.2, 0.25) is 0 Å². The van der Waals surface area contributed by atoms with Crippen LogP contribution >= 0.6 is 0 Å². The van der Waals surface area contributed by atoms with Crippen LogP contribution in [0.25, 0.3) is 0 Å².